The lowest BCUT2D eigenvalue weighted by molar-refractivity contribution is -0.163. The highest BCUT2D eigenvalue weighted by Crippen LogP contribution is 2.58. The molecule has 6 aliphatic carbocycles. The number of methoxy groups -OCH3 is 3. The van der Waals surface area contributed by atoms with Gasteiger partial charge < -0.3 is 19.0 Å². The number of carbonyl (C=O) groups excluding carboxylic acids is 4. The van der Waals surface area contributed by atoms with E-state index in [9.17, 15) is 19.2 Å². The molecular weight excluding hydrogens is 412 g/mol. The maximum Gasteiger partial charge on any atom is 0.330 e. The van der Waals surface area contributed by atoms with Crippen LogP contribution < -0.4 is 0 Å². The van der Waals surface area contributed by atoms with Crippen LogP contribution in [-0.2, 0) is 33.4 Å². The first-order valence-corrected chi connectivity index (χ1v) is 11.6. The Morgan fingerprint density at radius 3 is 1.28 bits per heavy atom. The topological polar surface area (TPSA) is 96.0 Å². The summed E-state index contributed by atoms with van der Waals surface area (Å²) < 4.78 is 14.4. The third-order valence-corrected chi connectivity index (χ3v) is 8.87. The van der Waals surface area contributed by atoms with Crippen LogP contribution in [-0.4, -0.2) is 45.5 Å². The van der Waals surface area contributed by atoms with Crippen LogP contribution in [0, 0.1) is 21.7 Å². The summed E-state index contributed by atoms with van der Waals surface area (Å²) >= 11 is 0. The van der Waals surface area contributed by atoms with Gasteiger partial charge in [-0.15, -0.1) is 0 Å². The van der Waals surface area contributed by atoms with Crippen molar-refractivity contribution in [1.82, 2.24) is 0 Å². The van der Waals surface area contributed by atoms with Crippen molar-refractivity contribution in [3.63, 3.8) is 0 Å². The second-order valence-electron chi connectivity index (χ2n) is 10.2. The van der Waals surface area contributed by atoms with Crippen LogP contribution in [0.3, 0.4) is 0 Å². The Morgan fingerprint density at radius 1 is 0.594 bits per heavy atom. The minimum atomic E-state index is -0.306. The van der Waals surface area contributed by atoms with E-state index in [-0.39, 0.29) is 39.6 Å². The molecule has 0 heterocycles. The third kappa shape index (κ3) is 4.48. The lowest BCUT2D eigenvalue weighted by Gasteiger charge is -2.50. The standard InChI is InChI=1S/C14H20O4.C11H16O3/c1-17-11(15)3-4-13-5-8-14(9-6-13,10-7-13)12(16)18-2;1-14-9(13)11-5-2-10(8-12,3-6-11)4-7-11/h3-4H,5-10H2,1-2H3;8H,2-7H2,1H3. The predicted octanol–water partition coefficient (Wildman–Crippen LogP) is 3.93. The Bertz CT molecular complexity index is 732. The lowest BCUT2D eigenvalue weighted by atomic mass is 9.53. The van der Waals surface area contributed by atoms with E-state index in [0.29, 0.717) is 0 Å². The summed E-state index contributed by atoms with van der Waals surface area (Å²) in [5, 5.41) is 0. The van der Waals surface area contributed by atoms with Gasteiger partial charge in [0.2, 0.25) is 0 Å². The van der Waals surface area contributed by atoms with Gasteiger partial charge in [-0.3, -0.25) is 9.59 Å². The van der Waals surface area contributed by atoms with Crippen molar-refractivity contribution in [1.29, 1.82) is 0 Å². The number of rotatable bonds is 5. The minimum Gasteiger partial charge on any atom is -0.469 e. The molecule has 0 atom stereocenters. The van der Waals surface area contributed by atoms with Gasteiger partial charge in [0.05, 0.1) is 32.2 Å². The Morgan fingerprint density at radius 2 is 0.969 bits per heavy atom. The van der Waals surface area contributed by atoms with Gasteiger partial charge >= 0.3 is 17.9 Å². The van der Waals surface area contributed by atoms with E-state index in [4.69, 9.17) is 9.47 Å². The molecular formula is C25H36O7. The molecule has 0 saturated heterocycles. The molecule has 0 radical (unpaired) electrons. The van der Waals surface area contributed by atoms with Crippen molar-refractivity contribution >= 4 is 24.2 Å². The molecule has 178 valence electrons. The number of hydrogen-bond donors (Lipinski definition) is 0. The number of allylic oxidation sites excluding steroid dienone is 1. The van der Waals surface area contributed by atoms with E-state index in [0.717, 1.165) is 83.3 Å². The van der Waals surface area contributed by atoms with Gasteiger partial charge in [-0.05, 0) is 82.5 Å². The van der Waals surface area contributed by atoms with E-state index in [1.54, 1.807) is 0 Å². The van der Waals surface area contributed by atoms with Gasteiger partial charge in [0.1, 0.15) is 6.29 Å². The summed E-state index contributed by atoms with van der Waals surface area (Å²) in [6.07, 6.45) is 15.2. The zero-order chi connectivity index (χ0) is 23.5. The fourth-order valence-electron chi connectivity index (χ4n) is 6.21. The number of aldehydes is 1. The number of fused-ring (bicyclic) bond motifs is 6. The fourth-order valence-corrected chi connectivity index (χ4v) is 6.21. The zero-order valence-electron chi connectivity index (χ0n) is 19.6. The normalized spacial score (nSPS) is 37.2. The highest BCUT2D eigenvalue weighted by atomic mass is 16.5. The van der Waals surface area contributed by atoms with Gasteiger partial charge in [0.15, 0.2) is 0 Å². The molecule has 0 amide bonds. The van der Waals surface area contributed by atoms with Gasteiger partial charge in [0, 0.05) is 11.5 Å². The van der Waals surface area contributed by atoms with Crippen LogP contribution >= 0.6 is 0 Å². The molecule has 0 aromatic carbocycles. The highest BCUT2D eigenvalue weighted by Gasteiger charge is 2.53. The van der Waals surface area contributed by atoms with Crippen LogP contribution in [0.4, 0.5) is 0 Å². The van der Waals surface area contributed by atoms with Crippen LogP contribution in [0.15, 0.2) is 12.2 Å². The summed E-state index contributed by atoms with van der Waals surface area (Å²) in [7, 11) is 4.30. The van der Waals surface area contributed by atoms with Gasteiger partial charge in [0.25, 0.3) is 0 Å². The first-order valence-electron chi connectivity index (χ1n) is 11.6. The van der Waals surface area contributed by atoms with Crippen molar-refractivity contribution in [3.8, 4) is 0 Å². The van der Waals surface area contributed by atoms with Crippen molar-refractivity contribution in [2.75, 3.05) is 21.3 Å². The summed E-state index contributed by atoms with van der Waals surface area (Å²) in [5.74, 6) is -0.441. The monoisotopic (exact) mass is 448 g/mol. The molecule has 0 aromatic rings. The molecule has 6 aliphatic rings. The fraction of sp³-hybridized carbons (Fsp3) is 0.760. The van der Waals surface area contributed by atoms with Gasteiger partial charge in [-0.2, -0.15) is 0 Å². The zero-order valence-corrected chi connectivity index (χ0v) is 19.6. The molecule has 0 aromatic heterocycles. The maximum atomic E-state index is 11.8. The maximum absolute atomic E-state index is 11.8. The quantitative estimate of drug-likeness (QED) is 0.272. The van der Waals surface area contributed by atoms with E-state index < -0.39 is 0 Å². The van der Waals surface area contributed by atoms with E-state index >= 15 is 0 Å². The second kappa shape index (κ2) is 9.36. The molecule has 6 saturated carbocycles. The summed E-state index contributed by atoms with van der Waals surface area (Å²) in [4.78, 5) is 45.6. The molecule has 7 heteroatoms. The Kier molecular flexibility index (Phi) is 7.15. The molecule has 0 N–H and O–H groups in total. The van der Waals surface area contributed by atoms with Crippen molar-refractivity contribution < 1.29 is 33.4 Å². The molecule has 6 rings (SSSR count). The molecule has 7 nitrogen and oxygen atoms in total. The van der Waals surface area contributed by atoms with Crippen molar-refractivity contribution in [2.45, 2.75) is 77.0 Å². The van der Waals surface area contributed by atoms with Crippen LogP contribution in [0.1, 0.15) is 77.0 Å². The van der Waals surface area contributed by atoms with E-state index in [1.807, 2.05) is 6.08 Å². The Balaban J connectivity index is 0.000000186. The van der Waals surface area contributed by atoms with E-state index in [2.05, 4.69) is 4.74 Å². The number of hydrogen-bond acceptors (Lipinski definition) is 7. The summed E-state index contributed by atoms with van der Waals surface area (Å²) in [5.41, 5.74) is -0.519. The van der Waals surface area contributed by atoms with Crippen LogP contribution in [0.2, 0.25) is 0 Å². The smallest absolute Gasteiger partial charge is 0.330 e. The minimum absolute atomic E-state index is 0.0623. The van der Waals surface area contributed by atoms with Crippen molar-refractivity contribution in [3.05, 3.63) is 12.2 Å². The number of ether oxygens (including phenoxy) is 3. The predicted molar refractivity (Wildman–Crippen MR) is 116 cm³/mol. The first kappa shape index (κ1) is 24.5. The van der Waals surface area contributed by atoms with E-state index in [1.165, 1.54) is 27.4 Å². The molecule has 4 bridgehead atoms. The van der Waals surface area contributed by atoms with Gasteiger partial charge in [-0.1, -0.05) is 6.08 Å². The SMILES string of the molecule is COC(=O)C12CCC(C=O)(CC1)CC2.COC(=O)C=CC12CCC(C(=O)OC)(CC1)CC2. The molecule has 32 heavy (non-hydrogen) atoms. The molecule has 0 aliphatic heterocycles. The highest BCUT2D eigenvalue weighted by molar-refractivity contribution is 5.82. The number of carbonyl (C=O) groups is 4. The average Bonchev–Trinajstić information content (AvgIpc) is 2.88. The van der Waals surface area contributed by atoms with Crippen LogP contribution in [0.25, 0.3) is 0 Å². The second-order valence-corrected chi connectivity index (χ2v) is 10.2. The average molecular weight is 449 g/mol. The third-order valence-electron chi connectivity index (χ3n) is 8.87. The molecule has 0 unspecified atom stereocenters. The summed E-state index contributed by atoms with van der Waals surface area (Å²) in [6, 6.07) is 0. The number of esters is 3. The van der Waals surface area contributed by atoms with Gasteiger partial charge in [-0.25, -0.2) is 4.79 Å². The first-order chi connectivity index (χ1) is 15.2. The van der Waals surface area contributed by atoms with Crippen LogP contribution in [0.5, 0.6) is 0 Å². The van der Waals surface area contributed by atoms with Crippen molar-refractivity contribution in [2.24, 2.45) is 21.7 Å². The Labute approximate surface area is 190 Å². The largest absolute Gasteiger partial charge is 0.469 e. The molecule has 6 fully saturated rings. The molecule has 0 spiro atoms. The Hall–Kier alpha value is -2.18. The lowest BCUT2D eigenvalue weighted by Crippen LogP contribution is -2.46. The summed E-state index contributed by atoms with van der Waals surface area (Å²) in [6.45, 7) is 0.